The van der Waals surface area contributed by atoms with E-state index < -0.39 is 0 Å². The van der Waals surface area contributed by atoms with Crippen LogP contribution in [0, 0.1) is 5.92 Å². The predicted molar refractivity (Wildman–Crippen MR) is 114 cm³/mol. The molecule has 0 radical (unpaired) electrons. The first-order chi connectivity index (χ1) is 14.1. The molecule has 2 amide bonds. The molecular weight excluding hydrogens is 366 g/mol. The number of ketones is 1. The number of Topliss-reactive ketones (excluding diaryl/α,β-unsaturated/α-hetero) is 1. The van der Waals surface area contributed by atoms with Crippen molar-refractivity contribution in [1.29, 1.82) is 0 Å². The van der Waals surface area contributed by atoms with E-state index in [2.05, 4.69) is 17.1 Å². The molecule has 0 aliphatic carbocycles. The van der Waals surface area contributed by atoms with Crippen LogP contribution in [0.4, 0.5) is 4.79 Å². The molecule has 2 aliphatic heterocycles. The first-order valence-corrected chi connectivity index (χ1v) is 11.2. The van der Waals surface area contributed by atoms with Crippen LogP contribution in [0.5, 0.6) is 5.75 Å². The fraction of sp³-hybridized carbons (Fsp3) is 0.652. The van der Waals surface area contributed by atoms with Gasteiger partial charge in [0.2, 0.25) is 0 Å². The maximum Gasteiger partial charge on any atom is 0.317 e. The van der Waals surface area contributed by atoms with Gasteiger partial charge in [0.15, 0.2) is 5.78 Å². The molecule has 2 fully saturated rings. The normalized spacial score (nSPS) is 21.1. The highest BCUT2D eigenvalue weighted by Gasteiger charge is 2.29. The van der Waals surface area contributed by atoms with Crippen molar-refractivity contribution >= 4 is 11.8 Å². The number of phenols is 1. The fourth-order valence-electron chi connectivity index (χ4n) is 4.47. The Balaban J connectivity index is 1.43. The van der Waals surface area contributed by atoms with Gasteiger partial charge in [0.25, 0.3) is 0 Å². The molecule has 6 heteroatoms. The number of unbranched alkanes of at least 4 members (excludes halogenated alkanes) is 1. The lowest BCUT2D eigenvalue weighted by Crippen LogP contribution is -2.51. The molecule has 0 saturated carbocycles. The number of amides is 2. The fourth-order valence-corrected chi connectivity index (χ4v) is 4.47. The molecule has 1 aromatic carbocycles. The minimum atomic E-state index is -0.0496. The average Bonchev–Trinajstić information content (AvgIpc) is 2.76. The second kappa shape index (κ2) is 10.6. The maximum absolute atomic E-state index is 12.6. The van der Waals surface area contributed by atoms with E-state index in [1.165, 1.54) is 25.7 Å². The van der Waals surface area contributed by atoms with E-state index in [-0.39, 0.29) is 23.5 Å². The van der Waals surface area contributed by atoms with Crippen LogP contribution in [0.3, 0.4) is 0 Å². The third-order valence-corrected chi connectivity index (χ3v) is 6.34. The SMILES string of the molecule is CCCCN1CCCCC1CNC(=O)N1CCC(C(=O)c2ccc(O)cc2)CC1. The van der Waals surface area contributed by atoms with Crippen molar-refractivity contribution < 1.29 is 14.7 Å². The van der Waals surface area contributed by atoms with Gasteiger partial charge in [-0.3, -0.25) is 9.69 Å². The largest absolute Gasteiger partial charge is 0.508 e. The number of hydrogen-bond acceptors (Lipinski definition) is 4. The summed E-state index contributed by atoms with van der Waals surface area (Å²) in [6.45, 7) is 6.44. The summed E-state index contributed by atoms with van der Waals surface area (Å²) in [6, 6.07) is 6.89. The van der Waals surface area contributed by atoms with Crippen LogP contribution in [0.15, 0.2) is 24.3 Å². The molecule has 0 spiro atoms. The smallest absolute Gasteiger partial charge is 0.317 e. The summed E-state index contributed by atoms with van der Waals surface area (Å²) in [7, 11) is 0. The predicted octanol–water partition coefficient (Wildman–Crippen LogP) is 3.65. The van der Waals surface area contributed by atoms with E-state index in [1.54, 1.807) is 24.3 Å². The number of nitrogens with zero attached hydrogens (tertiary/aromatic N) is 2. The summed E-state index contributed by atoms with van der Waals surface area (Å²) in [5.41, 5.74) is 0.634. The molecular formula is C23H35N3O3. The lowest BCUT2D eigenvalue weighted by molar-refractivity contribution is 0.0852. The van der Waals surface area contributed by atoms with Gasteiger partial charge >= 0.3 is 6.03 Å². The van der Waals surface area contributed by atoms with Gasteiger partial charge in [0.1, 0.15) is 5.75 Å². The van der Waals surface area contributed by atoms with Gasteiger partial charge in [-0.25, -0.2) is 4.79 Å². The Kier molecular flexibility index (Phi) is 7.92. The Hall–Kier alpha value is -2.08. The van der Waals surface area contributed by atoms with Gasteiger partial charge < -0.3 is 15.3 Å². The molecule has 0 bridgehead atoms. The molecule has 2 aliphatic rings. The number of benzene rings is 1. The highest BCUT2D eigenvalue weighted by molar-refractivity contribution is 5.98. The molecule has 2 heterocycles. The Labute approximate surface area is 174 Å². The summed E-state index contributed by atoms with van der Waals surface area (Å²) < 4.78 is 0. The Morgan fingerprint density at radius 3 is 2.48 bits per heavy atom. The standard InChI is InChI=1S/C23H35N3O3/c1-2-3-13-25-14-5-4-6-20(25)17-24-23(29)26-15-11-19(12-16-26)22(28)18-7-9-21(27)10-8-18/h7-10,19-20,27H,2-6,11-17H2,1H3,(H,24,29). The number of likely N-dealkylation sites (tertiary alicyclic amines) is 2. The van der Waals surface area contributed by atoms with Gasteiger partial charge in [-0.1, -0.05) is 19.8 Å². The van der Waals surface area contributed by atoms with Gasteiger partial charge in [0, 0.05) is 37.2 Å². The Morgan fingerprint density at radius 1 is 1.07 bits per heavy atom. The molecule has 6 nitrogen and oxygen atoms in total. The molecule has 29 heavy (non-hydrogen) atoms. The van der Waals surface area contributed by atoms with Crippen molar-refractivity contribution in [2.45, 2.75) is 57.9 Å². The van der Waals surface area contributed by atoms with Crippen LogP contribution in [0.2, 0.25) is 0 Å². The van der Waals surface area contributed by atoms with Gasteiger partial charge in [-0.05, 0) is 69.5 Å². The monoisotopic (exact) mass is 401 g/mol. The quantitative estimate of drug-likeness (QED) is 0.684. The minimum Gasteiger partial charge on any atom is -0.508 e. The molecule has 3 rings (SSSR count). The van der Waals surface area contributed by atoms with E-state index in [1.807, 2.05) is 4.90 Å². The number of carbonyl (C=O) groups is 2. The van der Waals surface area contributed by atoms with E-state index in [0.717, 1.165) is 26.1 Å². The second-order valence-electron chi connectivity index (χ2n) is 8.40. The number of nitrogens with one attached hydrogen (secondary N) is 1. The molecule has 160 valence electrons. The molecule has 1 unspecified atom stereocenters. The Morgan fingerprint density at radius 2 is 1.79 bits per heavy atom. The van der Waals surface area contributed by atoms with E-state index in [9.17, 15) is 14.7 Å². The van der Waals surface area contributed by atoms with Gasteiger partial charge in [0.05, 0.1) is 0 Å². The summed E-state index contributed by atoms with van der Waals surface area (Å²) in [4.78, 5) is 29.6. The van der Waals surface area contributed by atoms with E-state index in [0.29, 0.717) is 37.5 Å². The van der Waals surface area contributed by atoms with E-state index in [4.69, 9.17) is 0 Å². The number of phenolic OH excluding ortho intramolecular Hbond substituents is 1. The van der Waals surface area contributed by atoms with Crippen molar-refractivity contribution in [3.63, 3.8) is 0 Å². The zero-order chi connectivity index (χ0) is 20.6. The summed E-state index contributed by atoms with van der Waals surface area (Å²) in [6.07, 6.45) is 7.47. The first-order valence-electron chi connectivity index (χ1n) is 11.2. The van der Waals surface area contributed by atoms with Crippen molar-refractivity contribution in [3.8, 4) is 5.75 Å². The zero-order valence-electron chi connectivity index (χ0n) is 17.6. The minimum absolute atomic E-state index is 0.00143. The van der Waals surface area contributed by atoms with Gasteiger partial charge in [-0.2, -0.15) is 0 Å². The molecule has 1 aromatic rings. The number of carbonyl (C=O) groups excluding carboxylic acids is 2. The van der Waals surface area contributed by atoms with Crippen LogP contribution in [0.25, 0.3) is 0 Å². The third-order valence-electron chi connectivity index (χ3n) is 6.34. The van der Waals surface area contributed by atoms with Crippen LogP contribution in [-0.2, 0) is 0 Å². The van der Waals surface area contributed by atoms with Crippen molar-refractivity contribution in [2.24, 2.45) is 5.92 Å². The number of rotatable bonds is 7. The molecule has 0 aromatic heterocycles. The Bertz CT molecular complexity index is 668. The number of piperidine rings is 2. The third kappa shape index (κ3) is 5.95. The number of urea groups is 1. The molecule has 1 atom stereocenters. The molecule has 2 saturated heterocycles. The summed E-state index contributed by atoms with van der Waals surface area (Å²) >= 11 is 0. The number of hydrogen-bond donors (Lipinski definition) is 2. The van der Waals surface area contributed by atoms with Crippen molar-refractivity contribution in [3.05, 3.63) is 29.8 Å². The van der Waals surface area contributed by atoms with Crippen LogP contribution in [-0.4, -0.2) is 65.5 Å². The van der Waals surface area contributed by atoms with Crippen LogP contribution >= 0.6 is 0 Å². The highest BCUT2D eigenvalue weighted by Crippen LogP contribution is 2.23. The topological polar surface area (TPSA) is 72.9 Å². The van der Waals surface area contributed by atoms with Crippen molar-refractivity contribution in [2.75, 3.05) is 32.7 Å². The lowest BCUT2D eigenvalue weighted by atomic mass is 9.89. The summed E-state index contributed by atoms with van der Waals surface area (Å²) in [5, 5.41) is 12.5. The lowest BCUT2D eigenvalue weighted by Gasteiger charge is -2.37. The summed E-state index contributed by atoms with van der Waals surface area (Å²) in [5.74, 6) is 0.226. The van der Waals surface area contributed by atoms with Crippen LogP contribution < -0.4 is 5.32 Å². The number of aromatic hydroxyl groups is 1. The molecule has 2 N–H and O–H groups in total. The maximum atomic E-state index is 12.6. The second-order valence-corrected chi connectivity index (χ2v) is 8.40. The van der Waals surface area contributed by atoms with E-state index >= 15 is 0 Å². The van der Waals surface area contributed by atoms with Crippen molar-refractivity contribution in [1.82, 2.24) is 15.1 Å². The average molecular weight is 402 g/mol. The van der Waals surface area contributed by atoms with Crippen LogP contribution in [0.1, 0.15) is 62.2 Å². The zero-order valence-corrected chi connectivity index (χ0v) is 17.6. The first kappa shape index (κ1) is 21.6. The van der Waals surface area contributed by atoms with Gasteiger partial charge in [-0.15, -0.1) is 0 Å². The highest BCUT2D eigenvalue weighted by atomic mass is 16.3.